The molecule has 0 saturated heterocycles. The minimum Gasteiger partial charge on any atom is -0.0839 e. The molecule has 2 atom stereocenters. The molecule has 0 nitrogen and oxygen atoms in total. The fourth-order valence-corrected chi connectivity index (χ4v) is 3.69. The summed E-state index contributed by atoms with van der Waals surface area (Å²) in [5, 5.41) is 0. The normalized spacial score (nSPS) is 25.9. The maximum atomic E-state index is 3.85. The summed E-state index contributed by atoms with van der Waals surface area (Å²) >= 11 is 3.85. The molecule has 0 aliphatic heterocycles. The van der Waals surface area contributed by atoms with Crippen molar-refractivity contribution in [3.63, 3.8) is 0 Å². The lowest BCUT2D eigenvalue weighted by Gasteiger charge is -2.15. The van der Waals surface area contributed by atoms with Crippen molar-refractivity contribution in [3.8, 4) is 0 Å². The van der Waals surface area contributed by atoms with E-state index in [-0.39, 0.29) is 0 Å². The van der Waals surface area contributed by atoms with E-state index in [2.05, 4.69) is 48.8 Å². The Kier molecular flexibility index (Phi) is 3.20. The van der Waals surface area contributed by atoms with Crippen LogP contribution < -0.4 is 0 Å². The quantitative estimate of drug-likeness (QED) is 0.471. The zero-order chi connectivity index (χ0) is 11.0. The van der Waals surface area contributed by atoms with Crippen LogP contribution in [0.25, 0.3) is 0 Å². The highest BCUT2D eigenvalue weighted by molar-refractivity contribution is 9.09. The first-order chi connectivity index (χ1) is 7.08. The van der Waals surface area contributed by atoms with E-state index in [9.17, 15) is 0 Å². The van der Waals surface area contributed by atoms with Crippen LogP contribution in [0.3, 0.4) is 0 Å². The number of rotatable bonds is 0. The minimum absolute atomic E-state index is 0.559. The van der Waals surface area contributed by atoms with Gasteiger partial charge in [0.25, 0.3) is 0 Å². The lowest BCUT2D eigenvalue weighted by Crippen LogP contribution is -1.97. The van der Waals surface area contributed by atoms with Crippen LogP contribution in [0.5, 0.6) is 0 Å². The van der Waals surface area contributed by atoms with Crippen LogP contribution in [0.4, 0.5) is 0 Å². The molecule has 0 amide bonds. The maximum absolute atomic E-state index is 3.85. The van der Waals surface area contributed by atoms with Crippen molar-refractivity contribution in [2.75, 3.05) is 0 Å². The second-order valence-corrected chi connectivity index (χ2v) is 6.10. The van der Waals surface area contributed by atoms with E-state index in [1.165, 1.54) is 36.0 Å². The van der Waals surface area contributed by atoms with Gasteiger partial charge in [-0.05, 0) is 55.7 Å². The van der Waals surface area contributed by atoms with Crippen LogP contribution in [0.1, 0.15) is 46.8 Å². The molecule has 1 aliphatic rings. The molecule has 1 aromatic carbocycles. The van der Waals surface area contributed by atoms with Crippen LogP contribution in [-0.2, 0) is 6.42 Å². The zero-order valence-corrected chi connectivity index (χ0v) is 11.4. The number of alkyl halides is 1. The molecule has 0 bridgehead atoms. The standard InChI is InChI=1S/C14H19Br/c1-9-4-5-12-11(3)6-10(2)7-13(12)14(15)8-9/h6-7,9,14H,4-5,8H2,1-3H3. The lowest BCUT2D eigenvalue weighted by atomic mass is 9.95. The fraction of sp³-hybridized carbons (Fsp3) is 0.571. The van der Waals surface area contributed by atoms with Gasteiger partial charge in [0.2, 0.25) is 0 Å². The summed E-state index contributed by atoms with van der Waals surface area (Å²) in [5.74, 6) is 0.835. The fourth-order valence-electron chi connectivity index (χ4n) is 2.64. The molecule has 1 aliphatic carbocycles. The number of hydrogen-bond donors (Lipinski definition) is 0. The van der Waals surface area contributed by atoms with E-state index in [0.717, 1.165) is 5.92 Å². The van der Waals surface area contributed by atoms with Crippen LogP contribution >= 0.6 is 15.9 Å². The van der Waals surface area contributed by atoms with Gasteiger partial charge in [-0.15, -0.1) is 0 Å². The number of hydrogen-bond acceptors (Lipinski definition) is 0. The molecule has 0 saturated carbocycles. The highest BCUT2D eigenvalue weighted by Crippen LogP contribution is 2.38. The third-order valence-corrected chi connectivity index (χ3v) is 4.35. The average molecular weight is 267 g/mol. The minimum atomic E-state index is 0.559. The van der Waals surface area contributed by atoms with Crippen molar-refractivity contribution in [1.82, 2.24) is 0 Å². The lowest BCUT2D eigenvalue weighted by molar-refractivity contribution is 0.508. The average Bonchev–Trinajstić information content (AvgIpc) is 2.27. The molecule has 0 fully saturated rings. The molecular formula is C14H19Br. The van der Waals surface area contributed by atoms with Gasteiger partial charge in [-0.1, -0.05) is 40.5 Å². The molecule has 0 heterocycles. The number of fused-ring (bicyclic) bond motifs is 1. The Balaban J connectivity index is 2.48. The highest BCUT2D eigenvalue weighted by Gasteiger charge is 2.21. The molecule has 0 aromatic heterocycles. The summed E-state index contributed by atoms with van der Waals surface area (Å²) in [6, 6.07) is 4.67. The monoisotopic (exact) mass is 266 g/mol. The molecule has 1 aromatic rings. The Hall–Kier alpha value is -0.300. The van der Waals surface area contributed by atoms with Crippen LogP contribution in [-0.4, -0.2) is 0 Å². The molecule has 0 radical (unpaired) electrons. The van der Waals surface area contributed by atoms with Crippen molar-refractivity contribution in [2.24, 2.45) is 5.92 Å². The first kappa shape index (κ1) is 11.2. The van der Waals surface area contributed by atoms with E-state index in [1.807, 2.05) is 0 Å². The Morgan fingerprint density at radius 3 is 2.73 bits per heavy atom. The summed E-state index contributed by atoms with van der Waals surface area (Å²) in [6.07, 6.45) is 3.86. The third-order valence-electron chi connectivity index (χ3n) is 3.49. The Morgan fingerprint density at radius 2 is 2.00 bits per heavy atom. The van der Waals surface area contributed by atoms with Crippen LogP contribution in [0.15, 0.2) is 12.1 Å². The van der Waals surface area contributed by atoms with E-state index in [1.54, 1.807) is 5.56 Å². The molecule has 82 valence electrons. The summed E-state index contributed by atoms with van der Waals surface area (Å²) in [7, 11) is 0. The second kappa shape index (κ2) is 4.29. The largest absolute Gasteiger partial charge is 0.0839 e. The Labute approximate surface area is 101 Å². The van der Waals surface area contributed by atoms with Gasteiger partial charge in [-0.2, -0.15) is 0 Å². The SMILES string of the molecule is Cc1cc(C)c2c(c1)C(Br)CC(C)CC2. The molecule has 0 spiro atoms. The van der Waals surface area contributed by atoms with Crippen molar-refractivity contribution < 1.29 is 0 Å². The molecule has 0 N–H and O–H groups in total. The topological polar surface area (TPSA) is 0 Å². The number of benzene rings is 1. The van der Waals surface area contributed by atoms with Crippen LogP contribution in [0.2, 0.25) is 0 Å². The van der Waals surface area contributed by atoms with Crippen molar-refractivity contribution in [2.45, 2.75) is 44.9 Å². The summed E-state index contributed by atoms with van der Waals surface area (Å²) in [5.41, 5.74) is 6.00. The van der Waals surface area contributed by atoms with Gasteiger partial charge >= 0.3 is 0 Å². The van der Waals surface area contributed by atoms with Crippen molar-refractivity contribution in [1.29, 1.82) is 0 Å². The van der Waals surface area contributed by atoms with Crippen LogP contribution in [0, 0.1) is 19.8 Å². The molecular weight excluding hydrogens is 248 g/mol. The summed E-state index contributed by atoms with van der Waals surface area (Å²) in [6.45, 7) is 6.81. The number of halogens is 1. The van der Waals surface area contributed by atoms with Gasteiger partial charge in [0, 0.05) is 4.83 Å². The first-order valence-electron chi connectivity index (χ1n) is 5.82. The van der Waals surface area contributed by atoms with Gasteiger partial charge in [0.1, 0.15) is 0 Å². The smallest absolute Gasteiger partial charge is 0.0400 e. The molecule has 2 rings (SSSR count). The number of aryl methyl sites for hydroxylation is 2. The van der Waals surface area contributed by atoms with Crippen molar-refractivity contribution >= 4 is 15.9 Å². The maximum Gasteiger partial charge on any atom is 0.0400 e. The second-order valence-electron chi connectivity index (χ2n) is 5.00. The predicted molar refractivity (Wildman–Crippen MR) is 69.7 cm³/mol. The van der Waals surface area contributed by atoms with Gasteiger partial charge in [0.05, 0.1) is 0 Å². The summed E-state index contributed by atoms with van der Waals surface area (Å²) < 4.78 is 0. The Morgan fingerprint density at radius 1 is 1.27 bits per heavy atom. The van der Waals surface area contributed by atoms with E-state index in [4.69, 9.17) is 0 Å². The van der Waals surface area contributed by atoms with E-state index in [0.29, 0.717) is 4.83 Å². The highest BCUT2D eigenvalue weighted by atomic mass is 79.9. The van der Waals surface area contributed by atoms with E-state index < -0.39 is 0 Å². The van der Waals surface area contributed by atoms with Gasteiger partial charge in [-0.3, -0.25) is 0 Å². The summed E-state index contributed by atoms with van der Waals surface area (Å²) in [4.78, 5) is 0.559. The van der Waals surface area contributed by atoms with Gasteiger partial charge < -0.3 is 0 Å². The van der Waals surface area contributed by atoms with Gasteiger partial charge in [-0.25, -0.2) is 0 Å². The molecule has 2 unspecified atom stereocenters. The van der Waals surface area contributed by atoms with E-state index >= 15 is 0 Å². The van der Waals surface area contributed by atoms with Crippen molar-refractivity contribution in [3.05, 3.63) is 34.4 Å². The predicted octanol–water partition coefficient (Wildman–Crippen LogP) is 4.71. The zero-order valence-electron chi connectivity index (χ0n) is 9.81. The third kappa shape index (κ3) is 2.28. The molecule has 15 heavy (non-hydrogen) atoms. The first-order valence-corrected chi connectivity index (χ1v) is 6.73. The van der Waals surface area contributed by atoms with Gasteiger partial charge in [0.15, 0.2) is 0 Å². The Bertz CT molecular complexity index is 368. The molecule has 1 heteroatoms.